The molecule has 1 aliphatic rings. The zero-order chi connectivity index (χ0) is 12.8. The molecule has 0 aromatic rings. The van der Waals surface area contributed by atoms with E-state index < -0.39 is 11.7 Å². The number of hydrogen-bond donors (Lipinski definition) is 0. The summed E-state index contributed by atoms with van der Waals surface area (Å²) >= 11 is 5.61. The van der Waals surface area contributed by atoms with Crippen LogP contribution in [-0.2, 0) is 9.57 Å². The Morgan fingerprint density at radius 1 is 1.65 bits per heavy atom. The molecule has 96 valence electrons. The molecule has 1 atom stereocenters. The van der Waals surface area contributed by atoms with E-state index in [0.29, 0.717) is 13.1 Å². The molecule has 1 aliphatic heterocycles. The molecule has 1 unspecified atom stereocenters. The zero-order valence-electron chi connectivity index (χ0n) is 10.3. The van der Waals surface area contributed by atoms with Gasteiger partial charge in [-0.25, -0.2) is 4.79 Å². The maximum Gasteiger partial charge on any atom is 0.411 e. The standard InChI is InChI=1S/C11H17ClN2O3/c1-8(13-16-3)10-5-4-6-14(7-10)11(15)17-9(2)12/h5,9H,4,6-7H2,1-3H3. The largest absolute Gasteiger partial charge is 0.430 e. The second-order valence-corrected chi connectivity index (χ2v) is 4.34. The topological polar surface area (TPSA) is 51.1 Å². The van der Waals surface area contributed by atoms with Crippen molar-refractivity contribution in [3.63, 3.8) is 0 Å². The second-order valence-electron chi connectivity index (χ2n) is 3.73. The van der Waals surface area contributed by atoms with E-state index in [1.807, 2.05) is 13.0 Å². The first-order valence-electron chi connectivity index (χ1n) is 5.41. The van der Waals surface area contributed by atoms with E-state index in [2.05, 4.69) is 5.16 Å². The van der Waals surface area contributed by atoms with Gasteiger partial charge in [-0.1, -0.05) is 22.8 Å². The number of carbonyl (C=O) groups excluding carboxylic acids is 1. The SMILES string of the molecule is CON=C(C)C1=CCCN(C(=O)OC(C)Cl)C1. The Morgan fingerprint density at radius 2 is 2.35 bits per heavy atom. The van der Waals surface area contributed by atoms with Crippen LogP contribution in [0.2, 0.25) is 0 Å². The Balaban J connectivity index is 2.62. The van der Waals surface area contributed by atoms with Crippen LogP contribution < -0.4 is 0 Å². The summed E-state index contributed by atoms with van der Waals surface area (Å²) in [6.45, 7) is 4.56. The third-order valence-electron chi connectivity index (χ3n) is 2.37. The fraction of sp³-hybridized carbons (Fsp3) is 0.636. The van der Waals surface area contributed by atoms with Crippen molar-refractivity contribution in [2.24, 2.45) is 5.16 Å². The molecule has 17 heavy (non-hydrogen) atoms. The third kappa shape index (κ3) is 4.26. The maximum absolute atomic E-state index is 11.7. The first kappa shape index (κ1) is 13.8. The van der Waals surface area contributed by atoms with Crippen LogP contribution in [0.4, 0.5) is 4.79 Å². The number of alkyl halides is 1. The first-order valence-corrected chi connectivity index (χ1v) is 5.85. The Kier molecular flexibility index (Phi) is 5.28. The van der Waals surface area contributed by atoms with Gasteiger partial charge in [0.2, 0.25) is 0 Å². The minimum atomic E-state index is -0.620. The monoisotopic (exact) mass is 260 g/mol. The van der Waals surface area contributed by atoms with Gasteiger partial charge >= 0.3 is 6.09 Å². The van der Waals surface area contributed by atoms with E-state index >= 15 is 0 Å². The predicted molar refractivity (Wildman–Crippen MR) is 66.2 cm³/mol. The number of halogens is 1. The lowest BCUT2D eigenvalue weighted by molar-refractivity contribution is 0.0983. The van der Waals surface area contributed by atoms with Crippen molar-refractivity contribution >= 4 is 23.4 Å². The highest BCUT2D eigenvalue weighted by Gasteiger charge is 2.21. The van der Waals surface area contributed by atoms with Crippen molar-refractivity contribution in [1.82, 2.24) is 4.90 Å². The van der Waals surface area contributed by atoms with Crippen molar-refractivity contribution in [3.05, 3.63) is 11.6 Å². The van der Waals surface area contributed by atoms with Gasteiger partial charge in [0, 0.05) is 6.54 Å². The normalized spacial score (nSPS) is 18.5. The van der Waals surface area contributed by atoms with Crippen LogP contribution >= 0.6 is 11.6 Å². The molecule has 0 aromatic carbocycles. The number of carbonyl (C=O) groups is 1. The molecule has 1 rings (SSSR count). The molecule has 0 aromatic heterocycles. The zero-order valence-corrected chi connectivity index (χ0v) is 11.0. The van der Waals surface area contributed by atoms with Crippen LogP contribution in [0.5, 0.6) is 0 Å². The van der Waals surface area contributed by atoms with E-state index in [1.54, 1.807) is 11.8 Å². The molecule has 1 amide bonds. The van der Waals surface area contributed by atoms with Crippen LogP contribution in [-0.4, -0.2) is 42.5 Å². The Labute approximate surface area is 106 Å². The maximum atomic E-state index is 11.7. The Bertz CT molecular complexity index is 340. The van der Waals surface area contributed by atoms with Gasteiger partial charge in [-0.15, -0.1) is 0 Å². The lowest BCUT2D eigenvalue weighted by Gasteiger charge is -2.26. The van der Waals surface area contributed by atoms with Crippen molar-refractivity contribution in [3.8, 4) is 0 Å². The number of ether oxygens (including phenoxy) is 1. The van der Waals surface area contributed by atoms with Crippen molar-refractivity contribution < 1.29 is 14.4 Å². The quantitative estimate of drug-likeness (QED) is 0.445. The molecular weight excluding hydrogens is 244 g/mol. The fourth-order valence-electron chi connectivity index (χ4n) is 1.57. The predicted octanol–water partition coefficient (Wildman–Crippen LogP) is 2.36. The van der Waals surface area contributed by atoms with Crippen molar-refractivity contribution in [1.29, 1.82) is 0 Å². The van der Waals surface area contributed by atoms with E-state index in [1.165, 1.54) is 7.11 Å². The highest BCUT2D eigenvalue weighted by atomic mass is 35.5. The first-order chi connectivity index (χ1) is 8.04. The molecule has 5 nitrogen and oxygen atoms in total. The summed E-state index contributed by atoms with van der Waals surface area (Å²) in [5.74, 6) is 0. The van der Waals surface area contributed by atoms with E-state index in [0.717, 1.165) is 17.7 Å². The van der Waals surface area contributed by atoms with Gasteiger partial charge in [0.05, 0.1) is 12.3 Å². The smallest absolute Gasteiger partial charge is 0.411 e. The molecule has 0 saturated heterocycles. The summed E-state index contributed by atoms with van der Waals surface area (Å²) in [4.78, 5) is 18.0. The molecule has 0 bridgehead atoms. The molecular formula is C11H17ClN2O3. The molecule has 0 fully saturated rings. The van der Waals surface area contributed by atoms with Crippen molar-refractivity contribution in [2.75, 3.05) is 20.2 Å². The van der Waals surface area contributed by atoms with Crippen LogP contribution in [0.1, 0.15) is 20.3 Å². The van der Waals surface area contributed by atoms with Crippen molar-refractivity contribution in [2.45, 2.75) is 25.8 Å². The van der Waals surface area contributed by atoms with E-state index in [4.69, 9.17) is 21.2 Å². The molecule has 0 saturated carbocycles. The summed E-state index contributed by atoms with van der Waals surface area (Å²) in [7, 11) is 1.49. The fourth-order valence-corrected chi connectivity index (χ4v) is 1.65. The van der Waals surface area contributed by atoms with Gasteiger partial charge in [0.15, 0.2) is 5.56 Å². The lowest BCUT2D eigenvalue weighted by atomic mass is 10.1. The van der Waals surface area contributed by atoms with Crippen LogP contribution in [0.15, 0.2) is 16.8 Å². The molecule has 1 heterocycles. The van der Waals surface area contributed by atoms with Gasteiger partial charge < -0.3 is 14.5 Å². The number of oxime groups is 1. The third-order valence-corrected chi connectivity index (χ3v) is 2.45. The van der Waals surface area contributed by atoms with Crippen LogP contribution in [0.25, 0.3) is 0 Å². The summed E-state index contributed by atoms with van der Waals surface area (Å²) < 4.78 is 4.93. The summed E-state index contributed by atoms with van der Waals surface area (Å²) in [6.07, 6.45) is 2.42. The molecule has 0 radical (unpaired) electrons. The van der Waals surface area contributed by atoms with Crippen LogP contribution in [0, 0.1) is 0 Å². The average Bonchev–Trinajstić information content (AvgIpc) is 2.28. The molecule has 0 N–H and O–H groups in total. The highest BCUT2D eigenvalue weighted by Crippen LogP contribution is 2.13. The lowest BCUT2D eigenvalue weighted by Crippen LogP contribution is -2.38. The second kappa shape index (κ2) is 6.49. The number of nitrogens with zero attached hydrogens (tertiary/aromatic N) is 2. The number of rotatable bonds is 3. The summed E-state index contributed by atoms with van der Waals surface area (Å²) in [5, 5.41) is 3.85. The highest BCUT2D eigenvalue weighted by molar-refractivity contribution is 6.19. The van der Waals surface area contributed by atoms with Gasteiger partial charge in [-0.2, -0.15) is 0 Å². The van der Waals surface area contributed by atoms with Gasteiger partial charge in [0.25, 0.3) is 0 Å². The minimum Gasteiger partial charge on any atom is -0.430 e. The average molecular weight is 261 g/mol. The molecule has 6 heteroatoms. The van der Waals surface area contributed by atoms with E-state index in [9.17, 15) is 4.79 Å². The Hall–Kier alpha value is -1.23. The molecule has 0 spiro atoms. The van der Waals surface area contributed by atoms with Gasteiger partial charge in [-0.3, -0.25) is 0 Å². The summed E-state index contributed by atoms with van der Waals surface area (Å²) in [5.41, 5.74) is 1.12. The van der Waals surface area contributed by atoms with Gasteiger partial charge in [0.1, 0.15) is 7.11 Å². The Morgan fingerprint density at radius 3 is 2.94 bits per heavy atom. The number of amides is 1. The number of hydrogen-bond acceptors (Lipinski definition) is 4. The van der Waals surface area contributed by atoms with Gasteiger partial charge in [-0.05, 0) is 25.8 Å². The summed E-state index contributed by atoms with van der Waals surface area (Å²) in [6, 6.07) is 0. The minimum absolute atomic E-state index is 0.400. The van der Waals surface area contributed by atoms with Crippen LogP contribution in [0.3, 0.4) is 0 Å². The van der Waals surface area contributed by atoms with E-state index in [-0.39, 0.29) is 0 Å². The molecule has 0 aliphatic carbocycles.